The Hall–Kier alpha value is 0.420. The quantitative estimate of drug-likeness (QED) is 0.657. The first-order chi connectivity index (χ1) is 3.29. The summed E-state index contributed by atoms with van der Waals surface area (Å²) in [5.74, 6) is 0. The normalized spacial score (nSPS) is 9.43. The third-order valence-corrected chi connectivity index (χ3v) is 1.47. The van der Waals surface area contributed by atoms with Crippen LogP contribution in [0.2, 0.25) is 0 Å². The Morgan fingerprint density at radius 1 is 1.86 bits per heavy atom. The van der Waals surface area contributed by atoms with Crippen LogP contribution < -0.4 is 0 Å². The molecular weight excluding hydrogens is 271 g/mol. The van der Waals surface area contributed by atoms with Crippen LogP contribution in [0.3, 0.4) is 0 Å². The molecule has 0 aromatic carbocycles. The zero-order valence-corrected chi connectivity index (χ0v) is 7.05. The number of hydrogen-bond donors (Lipinski definition) is 0. The lowest BCUT2D eigenvalue weighted by Crippen LogP contribution is -1.72. The van der Waals surface area contributed by atoms with Crippen LogP contribution in [0.4, 0.5) is 0 Å². The molecular formula is C3H2BrIN2. The van der Waals surface area contributed by atoms with E-state index in [9.17, 15) is 0 Å². The van der Waals surface area contributed by atoms with Crippen LogP contribution >= 0.6 is 38.7 Å². The summed E-state index contributed by atoms with van der Waals surface area (Å²) in [6.07, 6.45) is 3.65. The second-order valence-corrected chi connectivity index (χ2v) is 3.02. The summed E-state index contributed by atoms with van der Waals surface area (Å²) in [6, 6.07) is 0. The SMILES string of the molecule is Brn1cc(I)cn1. The van der Waals surface area contributed by atoms with Crippen molar-refractivity contribution in [1.82, 2.24) is 8.81 Å². The highest BCUT2D eigenvalue weighted by molar-refractivity contribution is 14.1. The fraction of sp³-hybridized carbons (Fsp3) is 0. The van der Waals surface area contributed by atoms with Crippen LogP contribution in [0.15, 0.2) is 12.4 Å². The van der Waals surface area contributed by atoms with E-state index in [0.29, 0.717) is 0 Å². The van der Waals surface area contributed by atoms with E-state index < -0.39 is 0 Å². The number of rotatable bonds is 0. The van der Waals surface area contributed by atoms with Gasteiger partial charge in [-0.2, -0.15) is 5.10 Å². The third-order valence-electron chi connectivity index (χ3n) is 0.521. The Bertz CT molecular complexity index is 145. The summed E-state index contributed by atoms with van der Waals surface area (Å²) < 4.78 is 2.73. The Kier molecular flexibility index (Phi) is 1.69. The van der Waals surface area contributed by atoms with E-state index in [1.54, 1.807) is 9.90 Å². The highest BCUT2D eigenvalue weighted by atomic mass is 127. The molecule has 0 aliphatic carbocycles. The molecule has 0 aliphatic heterocycles. The van der Waals surface area contributed by atoms with Crippen molar-refractivity contribution < 1.29 is 0 Å². The second kappa shape index (κ2) is 2.13. The number of hydrogen-bond acceptors (Lipinski definition) is 1. The molecule has 2 nitrogen and oxygen atoms in total. The molecule has 1 rings (SSSR count). The van der Waals surface area contributed by atoms with Crippen LogP contribution in [-0.4, -0.2) is 8.81 Å². The average Bonchev–Trinajstić information content (AvgIpc) is 1.87. The largest absolute Gasteiger partial charge is 0.204 e. The first-order valence-electron chi connectivity index (χ1n) is 1.65. The molecule has 0 amide bonds. The van der Waals surface area contributed by atoms with E-state index in [1.807, 2.05) is 6.20 Å². The fourth-order valence-corrected chi connectivity index (χ4v) is 1.36. The fourth-order valence-electron chi connectivity index (χ4n) is 0.279. The number of halogens is 2. The van der Waals surface area contributed by atoms with Crippen LogP contribution in [-0.2, 0) is 0 Å². The smallest absolute Gasteiger partial charge is 0.0743 e. The Balaban J connectivity index is 3.04. The molecule has 38 valence electrons. The first-order valence-corrected chi connectivity index (χ1v) is 3.44. The molecule has 4 heteroatoms. The molecule has 1 aromatic rings. The molecule has 0 radical (unpaired) electrons. The van der Waals surface area contributed by atoms with Gasteiger partial charge in [0, 0.05) is 0 Å². The van der Waals surface area contributed by atoms with Crippen LogP contribution in [0.1, 0.15) is 0 Å². The Morgan fingerprint density at radius 2 is 2.57 bits per heavy atom. The van der Waals surface area contributed by atoms with Crippen LogP contribution in [0, 0.1) is 3.57 Å². The van der Waals surface area contributed by atoms with Gasteiger partial charge in [0.1, 0.15) is 0 Å². The molecule has 0 aliphatic rings. The zero-order chi connectivity index (χ0) is 5.28. The summed E-state index contributed by atoms with van der Waals surface area (Å²) in [6.45, 7) is 0. The molecule has 0 N–H and O–H groups in total. The predicted octanol–water partition coefficient (Wildman–Crippen LogP) is 1.65. The maximum Gasteiger partial charge on any atom is 0.0743 e. The Labute approximate surface area is 63.4 Å². The highest BCUT2D eigenvalue weighted by Gasteiger charge is 1.85. The van der Waals surface area contributed by atoms with Crippen molar-refractivity contribution in [1.29, 1.82) is 0 Å². The van der Waals surface area contributed by atoms with Gasteiger partial charge in [-0.1, -0.05) is 0 Å². The highest BCUT2D eigenvalue weighted by Crippen LogP contribution is 2.01. The van der Waals surface area contributed by atoms with Gasteiger partial charge >= 0.3 is 0 Å². The number of aromatic nitrogens is 2. The maximum absolute atomic E-state index is 3.84. The second-order valence-electron chi connectivity index (χ2n) is 1.05. The van der Waals surface area contributed by atoms with E-state index in [1.165, 1.54) is 0 Å². The molecule has 0 saturated heterocycles. The van der Waals surface area contributed by atoms with Gasteiger partial charge in [-0.15, -0.1) is 0 Å². The van der Waals surface area contributed by atoms with Gasteiger partial charge in [0.05, 0.1) is 32.1 Å². The molecule has 7 heavy (non-hydrogen) atoms. The van der Waals surface area contributed by atoms with Gasteiger partial charge in [0.2, 0.25) is 0 Å². The standard InChI is InChI=1S/C3H2BrIN2/c4-7-2-3(5)1-6-7/h1-2H. The van der Waals surface area contributed by atoms with E-state index in [4.69, 9.17) is 0 Å². The predicted molar refractivity (Wildman–Crippen MR) is 39.3 cm³/mol. The molecule has 0 atom stereocenters. The third kappa shape index (κ3) is 1.41. The zero-order valence-electron chi connectivity index (χ0n) is 3.31. The topological polar surface area (TPSA) is 17.8 Å². The van der Waals surface area contributed by atoms with Gasteiger partial charge in [-0.25, -0.2) is 3.71 Å². The summed E-state index contributed by atoms with van der Waals surface area (Å²) in [7, 11) is 0. The van der Waals surface area contributed by atoms with Crippen molar-refractivity contribution in [2.45, 2.75) is 0 Å². The minimum absolute atomic E-state index is 1.13. The minimum Gasteiger partial charge on any atom is -0.204 e. The molecule has 0 unspecified atom stereocenters. The maximum atomic E-state index is 3.84. The van der Waals surface area contributed by atoms with Crippen molar-refractivity contribution in [3.05, 3.63) is 16.0 Å². The van der Waals surface area contributed by atoms with Gasteiger partial charge in [-0.3, -0.25) is 0 Å². The monoisotopic (exact) mass is 272 g/mol. The summed E-state index contributed by atoms with van der Waals surface area (Å²) in [4.78, 5) is 0. The molecule has 1 aromatic heterocycles. The van der Waals surface area contributed by atoms with Crippen molar-refractivity contribution in [2.75, 3.05) is 0 Å². The lowest BCUT2D eigenvalue weighted by Gasteiger charge is -1.73. The lowest BCUT2D eigenvalue weighted by molar-refractivity contribution is 1.03. The van der Waals surface area contributed by atoms with E-state index in [0.717, 1.165) is 3.57 Å². The molecule has 0 spiro atoms. The average molecular weight is 273 g/mol. The minimum atomic E-state index is 1.13. The van der Waals surface area contributed by atoms with Crippen LogP contribution in [0.25, 0.3) is 0 Å². The van der Waals surface area contributed by atoms with Crippen molar-refractivity contribution in [3.8, 4) is 0 Å². The van der Waals surface area contributed by atoms with E-state index in [2.05, 4.69) is 43.8 Å². The molecule has 1 heterocycles. The molecule has 0 bridgehead atoms. The lowest BCUT2D eigenvalue weighted by atomic mass is 10.8. The van der Waals surface area contributed by atoms with Crippen molar-refractivity contribution in [3.63, 3.8) is 0 Å². The van der Waals surface area contributed by atoms with Gasteiger partial charge in [0.25, 0.3) is 0 Å². The first kappa shape index (κ1) is 5.55. The van der Waals surface area contributed by atoms with Gasteiger partial charge < -0.3 is 0 Å². The van der Waals surface area contributed by atoms with Gasteiger partial charge in [0.15, 0.2) is 0 Å². The number of nitrogens with zero attached hydrogens (tertiary/aromatic N) is 2. The Morgan fingerprint density at radius 3 is 2.71 bits per heavy atom. The van der Waals surface area contributed by atoms with Crippen LogP contribution in [0.5, 0.6) is 0 Å². The van der Waals surface area contributed by atoms with Gasteiger partial charge in [-0.05, 0) is 22.6 Å². The van der Waals surface area contributed by atoms with Crippen molar-refractivity contribution >= 4 is 38.7 Å². The van der Waals surface area contributed by atoms with Crippen molar-refractivity contribution in [2.24, 2.45) is 0 Å². The van der Waals surface area contributed by atoms with E-state index >= 15 is 0 Å². The molecule has 0 fully saturated rings. The summed E-state index contributed by atoms with van der Waals surface area (Å²) >= 11 is 5.32. The van der Waals surface area contributed by atoms with E-state index in [-0.39, 0.29) is 0 Å². The summed E-state index contributed by atoms with van der Waals surface area (Å²) in [5.41, 5.74) is 0. The molecule has 0 saturated carbocycles. The summed E-state index contributed by atoms with van der Waals surface area (Å²) in [5, 5.41) is 3.84.